The Morgan fingerprint density at radius 2 is 1.73 bits per heavy atom. The van der Waals surface area contributed by atoms with Crippen LogP contribution in [0.2, 0.25) is 0 Å². The zero-order valence-electron chi connectivity index (χ0n) is 19.1. The second-order valence-electron chi connectivity index (χ2n) is 7.59. The highest BCUT2D eigenvalue weighted by molar-refractivity contribution is 5.94. The van der Waals surface area contributed by atoms with Gasteiger partial charge in [0, 0.05) is 40.7 Å². The van der Waals surface area contributed by atoms with Crippen LogP contribution in [0.5, 0.6) is 17.2 Å². The van der Waals surface area contributed by atoms with Crippen LogP contribution in [0, 0.1) is 0 Å². The molecule has 4 rings (SSSR count). The fourth-order valence-electron chi connectivity index (χ4n) is 4.12. The van der Waals surface area contributed by atoms with Crippen LogP contribution < -0.4 is 19.5 Å². The zero-order valence-corrected chi connectivity index (χ0v) is 19.1. The lowest BCUT2D eigenvalue weighted by atomic mass is 9.89. The number of aromatic amines is 1. The maximum Gasteiger partial charge on any atom is 0.251 e. The highest BCUT2D eigenvalue weighted by Gasteiger charge is 2.24. The molecule has 4 aromatic rings. The number of H-pyrrole nitrogens is 1. The average molecular weight is 445 g/mol. The van der Waals surface area contributed by atoms with Gasteiger partial charge in [0.25, 0.3) is 5.91 Å². The van der Waals surface area contributed by atoms with E-state index in [9.17, 15) is 4.79 Å². The molecule has 0 aliphatic rings. The molecule has 0 spiro atoms. The number of ether oxygens (including phenoxy) is 3. The van der Waals surface area contributed by atoms with Gasteiger partial charge in [-0.2, -0.15) is 0 Å². The summed E-state index contributed by atoms with van der Waals surface area (Å²) < 4.78 is 16.7. The number of carbonyl (C=O) groups is 1. The van der Waals surface area contributed by atoms with Gasteiger partial charge in [-0.15, -0.1) is 0 Å². The normalized spacial score (nSPS) is 11.7. The minimum atomic E-state index is -0.155. The number of nitrogens with one attached hydrogen (secondary N) is 2. The Morgan fingerprint density at radius 3 is 2.45 bits per heavy atom. The molecule has 0 saturated carbocycles. The second-order valence-corrected chi connectivity index (χ2v) is 7.59. The first-order valence-corrected chi connectivity index (χ1v) is 10.9. The van der Waals surface area contributed by atoms with Gasteiger partial charge in [0.15, 0.2) is 11.5 Å². The molecule has 1 amide bonds. The molecular formula is C27H28N2O4. The van der Waals surface area contributed by atoms with Gasteiger partial charge in [-0.25, -0.2) is 0 Å². The number of rotatable bonds is 9. The van der Waals surface area contributed by atoms with Gasteiger partial charge in [0.05, 0.1) is 20.8 Å². The summed E-state index contributed by atoms with van der Waals surface area (Å²) in [6.07, 6.45) is 2.00. The Balaban J connectivity index is 1.67. The Bertz CT molecular complexity index is 1230. The van der Waals surface area contributed by atoms with Gasteiger partial charge in [0.2, 0.25) is 0 Å². The van der Waals surface area contributed by atoms with Gasteiger partial charge in [0.1, 0.15) is 5.75 Å². The number of aromatic nitrogens is 1. The number of hydrogen-bond donors (Lipinski definition) is 2. The Morgan fingerprint density at radius 1 is 0.939 bits per heavy atom. The number of fused-ring (bicyclic) bond motifs is 1. The SMILES string of the molecule is CCOc1ccc(C(=O)NC[C@@H](c2cccc(OC)c2OC)c2c[nH]c3ccccc23)cc1. The Kier molecular flexibility index (Phi) is 6.83. The van der Waals surface area contributed by atoms with Crippen molar-refractivity contribution >= 4 is 16.8 Å². The molecular weight excluding hydrogens is 416 g/mol. The summed E-state index contributed by atoms with van der Waals surface area (Å²) in [5.74, 6) is 1.75. The molecule has 0 radical (unpaired) electrons. The van der Waals surface area contributed by atoms with Crippen molar-refractivity contribution in [1.29, 1.82) is 0 Å². The molecule has 1 heterocycles. The van der Waals surface area contributed by atoms with Crippen LogP contribution in [0.4, 0.5) is 0 Å². The molecule has 2 N–H and O–H groups in total. The van der Waals surface area contributed by atoms with Gasteiger partial charge >= 0.3 is 0 Å². The fraction of sp³-hybridized carbons (Fsp3) is 0.222. The van der Waals surface area contributed by atoms with Crippen LogP contribution in [-0.4, -0.2) is 38.3 Å². The maximum absolute atomic E-state index is 12.9. The molecule has 0 bridgehead atoms. The van der Waals surface area contributed by atoms with E-state index in [1.165, 1.54) is 0 Å². The summed E-state index contributed by atoms with van der Waals surface area (Å²) in [5.41, 5.74) is 3.63. The predicted octanol–water partition coefficient (Wildman–Crippen LogP) is 5.15. The summed E-state index contributed by atoms with van der Waals surface area (Å²) in [6.45, 7) is 2.90. The third-order valence-electron chi connectivity index (χ3n) is 5.70. The third-order valence-corrected chi connectivity index (χ3v) is 5.70. The first-order chi connectivity index (χ1) is 16.2. The highest BCUT2D eigenvalue weighted by Crippen LogP contribution is 2.40. The van der Waals surface area contributed by atoms with Crippen LogP contribution in [0.1, 0.15) is 34.3 Å². The quantitative estimate of drug-likeness (QED) is 0.375. The third kappa shape index (κ3) is 4.65. The van der Waals surface area contributed by atoms with Crippen molar-refractivity contribution in [3.05, 3.63) is 89.6 Å². The summed E-state index contributed by atoms with van der Waals surface area (Å²) in [5, 5.41) is 4.20. The molecule has 170 valence electrons. The number of amides is 1. The number of benzene rings is 3. The van der Waals surface area contributed by atoms with Crippen LogP contribution in [0.15, 0.2) is 72.9 Å². The molecule has 0 aliphatic carbocycles. The van der Waals surface area contributed by atoms with E-state index in [2.05, 4.69) is 16.4 Å². The Labute approximate surface area is 193 Å². The predicted molar refractivity (Wildman–Crippen MR) is 130 cm³/mol. The van der Waals surface area contributed by atoms with Crippen LogP contribution in [0.3, 0.4) is 0 Å². The van der Waals surface area contributed by atoms with E-state index >= 15 is 0 Å². The minimum Gasteiger partial charge on any atom is -0.494 e. The van der Waals surface area contributed by atoms with Gasteiger partial charge < -0.3 is 24.5 Å². The van der Waals surface area contributed by atoms with E-state index in [1.807, 2.05) is 49.5 Å². The van der Waals surface area contributed by atoms with Crippen molar-refractivity contribution in [3.63, 3.8) is 0 Å². The second kappa shape index (κ2) is 10.1. The van der Waals surface area contributed by atoms with Crippen LogP contribution >= 0.6 is 0 Å². The van der Waals surface area contributed by atoms with E-state index < -0.39 is 0 Å². The van der Waals surface area contributed by atoms with E-state index in [-0.39, 0.29) is 11.8 Å². The van der Waals surface area contributed by atoms with Crippen molar-refractivity contribution in [2.24, 2.45) is 0 Å². The molecule has 3 aromatic carbocycles. The lowest BCUT2D eigenvalue weighted by Crippen LogP contribution is -2.29. The maximum atomic E-state index is 12.9. The first-order valence-electron chi connectivity index (χ1n) is 10.9. The fourth-order valence-corrected chi connectivity index (χ4v) is 4.12. The summed E-state index contributed by atoms with van der Waals surface area (Å²) >= 11 is 0. The number of carbonyl (C=O) groups excluding carboxylic acids is 1. The molecule has 0 saturated heterocycles. The highest BCUT2D eigenvalue weighted by atomic mass is 16.5. The number of hydrogen-bond acceptors (Lipinski definition) is 4. The van der Waals surface area contributed by atoms with E-state index in [4.69, 9.17) is 14.2 Å². The molecule has 33 heavy (non-hydrogen) atoms. The zero-order chi connectivity index (χ0) is 23.2. The van der Waals surface area contributed by atoms with Crippen LogP contribution in [0.25, 0.3) is 10.9 Å². The average Bonchev–Trinajstić information content (AvgIpc) is 3.28. The van der Waals surface area contributed by atoms with Gasteiger partial charge in [-0.1, -0.05) is 30.3 Å². The van der Waals surface area contributed by atoms with E-state index in [0.29, 0.717) is 30.2 Å². The number of para-hydroxylation sites is 2. The van der Waals surface area contributed by atoms with Crippen LogP contribution in [-0.2, 0) is 0 Å². The van der Waals surface area contributed by atoms with Crippen molar-refractivity contribution < 1.29 is 19.0 Å². The number of methoxy groups -OCH3 is 2. The smallest absolute Gasteiger partial charge is 0.251 e. The lowest BCUT2D eigenvalue weighted by molar-refractivity contribution is 0.0952. The molecule has 0 aliphatic heterocycles. The summed E-state index contributed by atoms with van der Waals surface area (Å²) in [4.78, 5) is 16.3. The van der Waals surface area contributed by atoms with Crippen molar-refractivity contribution in [2.45, 2.75) is 12.8 Å². The van der Waals surface area contributed by atoms with Gasteiger partial charge in [-0.05, 0) is 48.9 Å². The van der Waals surface area contributed by atoms with Gasteiger partial charge in [-0.3, -0.25) is 4.79 Å². The molecule has 1 aromatic heterocycles. The van der Waals surface area contributed by atoms with Crippen molar-refractivity contribution in [2.75, 3.05) is 27.4 Å². The molecule has 1 atom stereocenters. The monoisotopic (exact) mass is 444 g/mol. The lowest BCUT2D eigenvalue weighted by Gasteiger charge is -2.22. The Hall–Kier alpha value is -3.93. The topological polar surface area (TPSA) is 72.6 Å². The molecule has 6 heteroatoms. The van der Waals surface area contributed by atoms with Crippen molar-refractivity contribution in [1.82, 2.24) is 10.3 Å². The summed E-state index contributed by atoms with van der Waals surface area (Å²) in [7, 11) is 3.25. The standard InChI is InChI=1S/C27H28N2O4/c1-4-33-19-14-12-18(13-15-19)27(30)29-17-23(21-9-7-11-25(31-2)26(21)32-3)22-16-28-24-10-6-5-8-20(22)24/h5-16,23,28H,4,17H2,1-3H3,(H,29,30)/t23-/m0/s1. The molecule has 6 nitrogen and oxygen atoms in total. The minimum absolute atomic E-state index is 0.148. The van der Waals surface area contributed by atoms with E-state index in [0.717, 1.165) is 27.8 Å². The van der Waals surface area contributed by atoms with E-state index in [1.54, 1.807) is 38.5 Å². The molecule has 0 unspecified atom stereocenters. The largest absolute Gasteiger partial charge is 0.494 e. The summed E-state index contributed by atoms with van der Waals surface area (Å²) in [6, 6.07) is 21.1. The van der Waals surface area contributed by atoms with Crippen molar-refractivity contribution in [3.8, 4) is 17.2 Å². The first kappa shape index (κ1) is 22.3. The molecule has 0 fully saturated rings.